The van der Waals surface area contributed by atoms with Gasteiger partial charge in [-0.3, -0.25) is 67.0 Å². The van der Waals surface area contributed by atoms with E-state index in [-0.39, 0.29) is 117 Å². The molecule has 12 aromatic rings. The van der Waals surface area contributed by atoms with Crippen LogP contribution in [-0.4, -0.2) is 216 Å². The highest BCUT2D eigenvalue weighted by Gasteiger charge is 2.60. The molecule has 6 aliphatic heterocycles. The SMILES string of the molecule is C=CC(=O)N1C[C@]2(CO)C(=O)N(C)c3c(c4cc(F)c(-c5c(O)cccc5F)nc4n(-c4c(C)ccnc4C(C)C)c3=O)N2C[C@H]1C.C=CC(=O)N1C[C@]2(CO)C(=O)N(C)c3c(c4cc(F)c(-c5c(O)cccc5F)nc4n(-c4c(C)ccnc4C(C)C)c3=O)N2C[C@H]1C.Cc1ccnc(C(C)C)c1-n1c(=O)c2c(c3cc(F)c(-c4c(O)cccc4F)nc31)N1C[C@@H](C)CC[C@]1(CO)C(=O)N2C. The molecular formula is C100H101F6N17O14. The molecule has 31 nitrogen and oxygen atoms in total. The second kappa shape index (κ2) is 35.5. The Morgan fingerprint density at radius 3 is 0.978 bits per heavy atom. The summed E-state index contributed by atoms with van der Waals surface area (Å²) in [5.74, 6) is -10.2. The Hall–Kier alpha value is -14.7. The molecule has 3 fully saturated rings. The lowest BCUT2D eigenvalue weighted by Gasteiger charge is -2.56. The number of amides is 5. The van der Waals surface area contributed by atoms with Crippen molar-refractivity contribution in [3.05, 3.63) is 235 Å². The fourth-order valence-electron chi connectivity index (χ4n) is 20.3. The number of hydrogen-bond donors (Lipinski definition) is 6. The second-order valence-corrected chi connectivity index (χ2v) is 36.7. The molecule has 9 aromatic heterocycles. The van der Waals surface area contributed by atoms with Gasteiger partial charge in [-0.25, -0.2) is 41.3 Å². The predicted octanol–water partition coefficient (Wildman–Crippen LogP) is 12.4. The number of carbonyl (C=O) groups is 5. The highest BCUT2D eigenvalue weighted by molar-refractivity contribution is 6.17. The molecule has 6 aliphatic rings. The molecule has 5 amide bonds. The predicted molar refractivity (Wildman–Crippen MR) is 506 cm³/mol. The summed E-state index contributed by atoms with van der Waals surface area (Å²) in [6.45, 7) is 27.3. The number of pyridine rings is 9. The number of likely N-dealkylation sites (N-methyl/N-ethyl adjacent to an activating group) is 3. The van der Waals surface area contributed by atoms with Gasteiger partial charge >= 0.3 is 0 Å². The maximum atomic E-state index is 16.3. The van der Waals surface area contributed by atoms with Gasteiger partial charge in [-0.2, -0.15) is 0 Å². The number of piperazine rings is 2. The van der Waals surface area contributed by atoms with Crippen molar-refractivity contribution < 1.29 is 81.0 Å². The van der Waals surface area contributed by atoms with Crippen LogP contribution >= 0.6 is 0 Å². The van der Waals surface area contributed by atoms with E-state index in [1.54, 1.807) is 79.2 Å². The van der Waals surface area contributed by atoms with E-state index in [9.17, 15) is 69.0 Å². The first kappa shape index (κ1) is 95.4. The lowest BCUT2D eigenvalue weighted by Crippen LogP contribution is -2.75. The molecule has 3 saturated heterocycles. The van der Waals surface area contributed by atoms with E-state index in [0.717, 1.165) is 52.3 Å². The van der Waals surface area contributed by atoms with Gasteiger partial charge in [-0.15, -0.1) is 0 Å². The fraction of sp³-hybridized carbons (Fsp3) is 0.340. The normalized spacial score (nSPS) is 19.6. The molecule has 0 unspecified atom stereocenters. The van der Waals surface area contributed by atoms with E-state index in [2.05, 4.69) is 43.1 Å². The standard InChI is InChI=1S/2C34H34F2N6O5.C32H33F2N5O4/c2*1-7-24(45)40-15-34(16-43)33(47)39(6)30-29(41(34)14-19(40)5)20-13-22(36)27(25-21(35)9-8-10-23(25)44)38-31(20)42(32(30)46)28-18(4)11-12-37-26(28)17(2)3;1-16(2)24-26(18(4)10-12-35-24)39-29-19(13-21(34)25(36-29)23-20(33)7-6-8-22(23)41)27-28(30(39)42)37(5)31(43)32(15-40)11-9-17(3)14-38(27)32/h2*7-13,17,19,43-44H,1,14-16H2,2-6H3;6-8,10,12-13,16-17,40-41H,9,11,14-15H2,1-5H3/t2*19-,34+;17-,32-/m110/s1. The Labute approximate surface area is 781 Å². The number of phenolic OH excluding ortho intramolecular Hbond substituents is 3. The molecule has 18 rings (SSSR count). The zero-order valence-electron chi connectivity index (χ0n) is 77.8. The van der Waals surface area contributed by atoms with Gasteiger partial charge in [0, 0.05) is 87.6 Å². The number of nitrogens with zero attached hydrogens (tertiary/aromatic N) is 17. The maximum absolute atomic E-state index is 16.3. The highest BCUT2D eigenvalue weighted by atomic mass is 19.1. The summed E-state index contributed by atoms with van der Waals surface area (Å²) in [6, 6.07) is 18.2. The molecule has 0 radical (unpaired) electrons. The number of aliphatic hydroxyl groups excluding tert-OH is 3. The van der Waals surface area contributed by atoms with E-state index in [4.69, 9.17) is 0 Å². The molecule has 37 heteroatoms. The third-order valence-corrected chi connectivity index (χ3v) is 27.2. The van der Waals surface area contributed by atoms with Crippen molar-refractivity contribution in [2.24, 2.45) is 5.92 Å². The largest absolute Gasteiger partial charge is 0.507 e. The molecule has 137 heavy (non-hydrogen) atoms. The fourth-order valence-corrected chi connectivity index (χ4v) is 20.3. The average molecular weight is 1880 g/mol. The number of aliphatic hydroxyl groups is 3. The third-order valence-electron chi connectivity index (χ3n) is 27.2. The van der Waals surface area contributed by atoms with Crippen LogP contribution in [0.4, 0.5) is 60.5 Å². The number of benzene rings is 3. The number of rotatable bonds is 14. The van der Waals surface area contributed by atoms with E-state index in [1.165, 1.54) is 92.0 Å². The number of carbonyl (C=O) groups excluding carboxylic acids is 5. The lowest BCUT2D eigenvalue weighted by atomic mass is 9.79. The molecule has 3 aromatic carbocycles. The van der Waals surface area contributed by atoms with Gasteiger partial charge in [0.2, 0.25) is 11.8 Å². The van der Waals surface area contributed by atoms with Crippen LogP contribution in [0.1, 0.15) is 127 Å². The summed E-state index contributed by atoms with van der Waals surface area (Å²) in [5.41, 5.74) is -4.80. The number of aromatic nitrogens is 9. The van der Waals surface area contributed by atoms with E-state index in [1.807, 2.05) is 55.4 Å². The van der Waals surface area contributed by atoms with Crippen molar-refractivity contribution in [3.8, 4) is 68.1 Å². The molecule has 6 atom stereocenters. The number of aromatic hydroxyl groups is 3. The zero-order valence-corrected chi connectivity index (χ0v) is 77.8. The van der Waals surface area contributed by atoms with Gasteiger partial charge in [0.15, 0.2) is 45.5 Å². The van der Waals surface area contributed by atoms with Crippen molar-refractivity contribution in [2.75, 3.05) is 103 Å². The van der Waals surface area contributed by atoms with Crippen molar-refractivity contribution in [1.82, 2.24) is 53.4 Å². The smallest absolute Gasteiger partial charge is 0.283 e. The van der Waals surface area contributed by atoms with Crippen LogP contribution in [-0.2, 0) is 24.0 Å². The van der Waals surface area contributed by atoms with Gasteiger partial charge in [-0.05, 0) is 173 Å². The summed E-state index contributed by atoms with van der Waals surface area (Å²) in [4.78, 5) is 151. The van der Waals surface area contributed by atoms with Gasteiger partial charge in [0.25, 0.3) is 34.4 Å². The zero-order chi connectivity index (χ0) is 99.2. The lowest BCUT2D eigenvalue weighted by molar-refractivity contribution is -0.137. The van der Waals surface area contributed by atoms with E-state index >= 15 is 26.3 Å². The third kappa shape index (κ3) is 14.7. The Balaban J connectivity index is 0.000000149. The van der Waals surface area contributed by atoms with Crippen LogP contribution < -0.4 is 46.1 Å². The number of fused-ring (bicyclic) bond motifs is 15. The number of halogens is 6. The summed E-state index contributed by atoms with van der Waals surface area (Å²) in [7, 11) is 4.26. The van der Waals surface area contributed by atoms with Gasteiger partial charge in [-0.1, -0.05) is 79.8 Å². The monoisotopic (exact) mass is 1880 g/mol. The minimum Gasteiger partial charge on any atom is -0.507 e. The number of aryl methyl sites for hydroxylation is 3. The topological polar surface area (TPSA) is 376 Å². The Bertz CT molecular complexity index is 7000. The van der Waals surface area contributed by atoms with Crippen molar-refractivity contribution in [1.29, 1.82) is 0 Å². The van der Waals surface area contributed by atoms with Gasteiger partial charge < -0.3 is 69.8 Å². The first-order valence-corrected chi connectivity index (χ1v) is 44.5. The van der Waals surface area contributed by atoms with E-state index in [0.29, 0.717) is 70.2 Å². The van der Waals surface area contributed by atoms with E-state index < -0.39 is 181 Å². The average Bonchev–Trinajstić information content (AvgIpc) is 0.697. The summed E-state index contributed by atoms with van der Waals surface area (Å²) in [6.07, 6.45) is 8.11. The van der Waals surface area contributed by atoms with Gasteiger partial charge in [0.1, 0.15) is 74.4 Å². The Morgan fingerprint density at radius 2 is 0.708 bits per heavy atom. The van der Waals surface area contributed by atoms with Crippen molar-refractivity contribution in [2.45, 2.75) is 142 Å². The quantitative estimate of drug-likeness (QED) is 0.0435. The molecular weight excluding hydrogens is 1780 g/mol. The van der Waals surface area contributed by atoms with Crippen molar-refractivity contribution >= 4 is 96.8 Å². The highest BCUT2D eigenvalue weighted by Crippen LogP contribution is 2.53. The molecule has 0 bridgehead atoms. The molecule has 712 valence electrons. The molecule has 0 aliphatic carbocycles. The maximum Gasteiger partial charge on any atom is 0.283 e. The molecule has 15 heterocycles. The number of hydrogen-bond acceptors (Lipinski definition) is 23. The van der Waals surface area contributed by atoms with Crippen molar-refractivity contribution in [3.63, 3.8) is 0 Å². The molecule has 0 saturated carbocycles. The Kier molecular flexibility index (Phi) is 24.7. The van der Waals surface area contributed by atoms with Crippen LogP contribution in [0.25, 0.3) is 83.9 Å². The van der Waals surface area contributed by atoms with Crippen LogP contribution in [0.15, 0.2) is 149 Å². The Morgan fingerprint density at radius 1 is 0.423 bits per heavy atom. The first-order valence-electron chi connectivity index (χ1n) is 44.5. The number of piperidine rings is 1. The van der Waals surface area contributed by atoms with Gasteiger partial charge in [0.05, 0.1) is 101 Å². The summed E-state index contributed by atoms with van der Waals surface area (Å²) in [5, 5.41) is 64.5. The minimum atomic E-state index is -1.73. The summed E-state index contributed by atoms with van der Waals surface area (Å²) >= 11 is 0. The molecule has 6 N–H and O–H groups in total. The minimum absolute atomic E-state index is 0.00798. The first-order chi connectivity index (χ1) is 65.0. The second-order valence-electron chi connectivity index (χ2n) is 36.7. The summed E-state index contributed by atoms with van der Waals surface area (Å²) < 4.78 is 97.8. The van der Waals surface area contributed by atoms with Crippen LogP contribution in [0.5, 0.6) is 17.2 Å². The van der Waals surface area contributed by atoms with Crippen LogP contribution in [0.2, 0.25) is 0 Å². The van der Waals surface area contributed by atoms with Crippen LogP contribution in [0, 0.1) is 61.6 Å². The van der Waals surface area contributed by atoms with Crippen LogP contribution in [0.3, 0.4) is 0 Å². The number of phenols is 3. The number of anilines is 6. The molecule has 0 spiro atoms.